The lowest BCUT2D eigenvalue weighted by Gasteiger charge is -2.04. The Bertz CT molecular complexity index is 1060. The summed E-state index contributed by atoms with van der Waals surface area (Å²) in [6.45, 7) is 3.94. The first-order chi connectivity index (χ1) is 12.1. The predicted octanol–water partition coefficient (Wildman–Crippen LogP) is 2.51. The SMILES string of the molecule is Cc1ccc(-n2nnc(C(=O)Cn3nnc4ccccc43)c2C)cc1. The fourth-order valence-electron chi connectivity index (χ4n) is 2.76. The molecule has 0 saturated carbocycles. The molecule has 0 saturated heterocycles. The molecule has 25 heavy (non-hydrogen) atoms. The number of aryl methyl sites for hydroxylation is 1. The summed E-state index contributed by atoms with van der Waals surface area (Å²) in [5.41, 5.74) is 4.67. The van der Waals surface area contributed by atoms with Gasteiger partial charge in [0.15, 0.2) is 5.69 Å². The molecule has 0 amide bonds. The Hall–Kier alpha value is -3.35. The maximum Gasteiger partial charge on any atom is 0.206 e. The zero-order chi connectivity index (χ0) is 17.4. The van der Waals surface area contributed by atoms with E-state index >= 15 is 0 Å². The van der Waals surface area contributed by atoms with Crippen LogP contribution >= 0.6 is 0 Å². The Morgan fingerprint density at radius 1 is 0.960 bits per heavy atom. The number of para-hydroxylation sites is 1. The van der Waals surface area contributed by atoms with Crippen molar-refractivity contribution in [2.75, 3.05) is 0 Å². The molecule has 0 spiro atoms. The maximum absolute atomic E-state index is 12.7. The zero-order valence-electron chi connectivity index (χ0n) is 13.9. The number of ketones is 1. The summed E-state index contributed by atoms with van der Waals surface area (Å²) in [6.07, 6.45) is 0. The fraction of sp³-hybridized carbons (Fsp3) is 0.167. The summed E-state index contributed by atoms with van der Waals surface area (Å²) in [7, 11) is 0. The van der Waals surface area contributed by atoms with Crippen LogP contribution in [0.5, 0.6) is 0 Å². The van der Waals surface area contributed by atoms with Crippen LogP contribution in [0.3, 0.4) is 0 Å². The van der Waals surface area contributed by atoms with Crippen LogP contribution in [0, 0.1) is 13.8 Å². The molecule has 0 fully saturated rings. The number of rotatable bonds is 4. The first-order valence-electron chi connectivity index (χ1n) is 7.94. The predicted molar refractivity (Wildman–Crippen MR) is 92.7 cm³/mol. The van der Waals surface area contributed by atoms with Crippen molar-refractivity contribution in [2.24, 2.45) is 0 Å². The standard InChI is InChI=1S/C18H16N6O/c1-12-7-9-14(10-8-12)24-13(2)18(20-22-24)17(25)11-23-16-6-4-3-5-15(16)19-21-23/h3-10H,11H2,1-2H3. The summed E-state index contributed by atoms with van der Waals surface area (Å²) >= 11 is 0. The Morgan fingerprint density at radius 3 is 2.52 bits per heavy atom. The summed E-state index contributed by atoms with van der Waals surface area (Å²) < 4.78 is 3.26. The van der Waals surface area contributed by atoms with E-state index in [2.05, 4.69) is 20.6 Å². The summed E-state index contributed by atoms with van der Waals surface area (Å²) in [4.78, 5) is 12.7. The number of fused-ring (bicyclic) bond motifs is 1. The number of hydrogen-bond acceptors (Lipinski definition) is 5. The molecule has 2 aromatic heterocycles. The number of carbonyl (C=O) groups is 1. The Morgan fingerprint density at radius 2 is 1.72 bits per heavy atom. The molecule has 0 atom stereocenters. The third-order valence-electron chi connectivity index (χ3n) is 4.15. The second-order valence-corrected chi connectivity index (χ2v) is 5.93. The van der Waals surface area contributed by atoms with Crippen LogP contribution in [0.1, 0.15) is 21.7 Å². The van der Waals surface area contributed by atoms with Crippen molar-refractivity contribution >= 4 is 16.8 Å². The second-order valence-electron chi connectivity index (χ2n) is 5.93. The molecule has 2 aromatic carbocycles. The Balaban J connectivity index is 1.64. The molecule has 124 valence electrons. The van der Waals surface area contributed by atoms with Crippen LogP contribution in [0.25, 0.3) is 16.7 Å². The third kappa shape index (κ3) is 2.69. The zero-order valence-corrected chi connectivity index (χ0v) is 13.9. The van der Waals surface area contributed by atoms with Crippen LogP contribution in [0.2, 0.25) is 0 Å². The number of nitrogens with zero attached hydrogens (tertiary/aromatic N) is 6. The van der Waals surface area contributed by atoms with Gasteiger partial charge in [0.2, 0.25) is 5.78 Å². The highest BCUT2D eigenvalue weighted by atomic mass is 16.1. The van der Waals surface area contributed by atoms with Gasteiger partial charge in [-0.05, 0) is 38.1 Å². The van der Waals surface area contributed by atoms with Gasteiger partial charge in [0.05, 0.1) is 16.9 Å². The van der Waals surface area contributed by atoms with Crippen LogP contribution in [0.15, 0.2) is 48.5 Å². The molecular formula is C18H16N6O. The van der Waals surface area contributed by atoms with Crippen molar-refractivity contribution in [2.45, 2.75) is 20.4 Å². The van der Waals surface area contributed by atoms with Crippen molar-refractivity contribution in [3.8, 4) is 5.69 Å². The largest absolute Gasteiger partial charge is 0.290 e. The van der Waals surface area contributed by atoms with Gasteiger partial charge in [0.25, 0.3) is 0 Å². The topological polar surface area (TPSA) is 78.5 Å². The lowest BCUT2D eigenvalue weighted by Crippen LogP contribution is -2.13. The second kappa shape index (κ2) is 5.94. The average Bonchev–Trinajstić information content (AvgIpc) is 3.20. The highest BCUT2D eigenvalue weighted by Gasteiger charge is 2.19. The van der Waals surface area contributed by atoms with Gasteiger partial charge in [-0.25, -0.2) is 9.36 Å². The lowest BCUT2D eigenvalue weighted by atomic mass is 10.2. The smallest absolute Gasteiger partial charge is 0.206 e. The molecule has 0 bridgehead atoms. The van der Waals surface area contributed by atoms with Crippen LogP contribution in [-0.4, -0.2) is 35.8 Å². The highest BCUT2D eigenvalue weighted by molar-refractivity contribution is 5.95. The molecule has 0 unspecified atom stereocenters. The molecule has 0 aliphatic rings. The third-order valence-corrected chi connectivity index (χ3v) is 4.15. The fourth-order valence-corrected chi connectivity index (χ4v) is 2.76. The van der Waals surface area contributed by atoms with Crippen molar-refractivity contribution in [1.82, 2.24) is 30.0 Å². The van der Waals surface area contributed by atoms with Gasteiger partial charge in [-0.15, -0.1) is 10.2 Å². The summed E-state index contributed by atoms with van der Waals surface area (Å²) in [6, 6.07) is 15.4. The Labute approximate surface area is 143 Å². The van der Waals surface area contributed by atoms with Crippen molar-refractivity contribution in [1.29, 1.82) is 0 Å². The van der Waals surface area contributed by atoms with E-state index in [0.717, 1.165) is 22.3 Å². The molecule has 4 aromatic rings. The van der Waals surface area contributed by atoms with E-state index in [0.29, 0.717) is 11.4 Å². The summed E-state index contributed by atoms with van der Waals surface area (Å²) in [5.74, 6) is -0.147. The van der Waals surface area contributed by atoms with Crippen LogP contribution in [-0.2, 0) is 6.54 Å². The number of aromatic nitrogens is 6. The average molecular weight is 332 g/mol. The monoisotopic (exact) mass is 332 g/mol. The van der Waals surface area contributed by atoms with Gasteiger partial charge in [0.1, 0.15) is 12.1 Å². The van der Waals surface area contributed by atoms with Crippen LogP contribution in [0.4, 0.5) is 0 Å². The van der Waals surface area contributed by atoms with Gasteiger partial charge >= 0.3 is 0 Å². The van der Waals surface area contributed by atoms with Crippen LogP contribution < -0.4 is 0 Å². The Kier molecular flexibility index (Phi) is 3.61. The number of carbonyl (C=O) groups excluding carboxylic acids is 1. The maximum atomic E-state index is 12.7. The van der Waals surface area contributed by atoms with Crippen molar-refractivity contribution in [3.05, 3.63) is 65.5 Å². The molecule has 7 heteroatoms. The highest BCUT2D eigenvalue weighted by Crippen LogP contribution is 2.15. The summed E-state index contributed by atoms with van der Waals surface area (Å²) in [5, 5.41) is 16.3. The number of hydrogen-bond donors (Lipinski definition) is 0. The van der Waals surface area contributed by atoms with E-state index in [-0.39, 0.29) is 12.3 Å². The van der Waals surface area contributed by atoms with Gasteiger partial charge in [-0.3, -0.25) is 4.79 Å². The van der Waals surface area contributed by atoms with Gasteiger partial charge in [-0.1, -0.05) is 40.3 Å². The minimum absolute atomic E-state index is 0.0773. The minimum atomic E-state index is -0.147. The first-order valence-corrected chi connectivity index (χ1v) is 7.94. The van der Waals surface area contributed by atoms with Gasteiger partial charge < -0.3 is 0 Å². The van der Waals surface area contributed by atoms with Crippen molar-refractivity contribution in [3.63, 3.8) is 0 Å². The molecule has 7 nitrogen and oxygen atoms in total. The van der Waals surface area contributed by atoms with E-state index in [4.69, 9.17) is 0 Å². The van der Waals surface area contributed by atoms with E-state index < -0.39 is 0 Å². The molecule has 0 aliphatic carbocycles. The molecular weight excluding hydrogens is 316 g/mol. The van der Waals surface area contributed by atoms with E-state index in [1.165, 1.54) is 0 Å². The van der Waals surface area contributed by atoms with Crippen molar-refractivity contribution < 1.29 is 4.79 Å². The number of benzene rings is 2. The molecule has 0 aliphatic heterocycles. The molecule has 0 N–H and O–H groups in total. The first kappa shape index (κ1) is 15.2. The quantitative estimate of drug-likeness (QED) is 0.537. The molecule has 2 heterocycles. The van der Waals surface area contributed by atoms with E-state index in [1.807, 2.05) is 62.4 Å². The normalized spacial score (nSPS) is 11.1. The van der Waals surface area contributed by atoms with E-state index in [9.17, 15) is 4.79 Å². The van der Waals surface area contributed by atoms with E-state index in [1.54, 1.807) is 9.36 Å². The lowest BCUT2D eigenvalue weighted by molar-refractivity contribution is 0.0963. The van der Waals surface area contributed by atoms with Gasteiger partial charge in [0, 0.05) is 0 Å². The molecule has 0 radical (unpaired) electrons. The van der Waals surface area contributed by atoms with Gasteiger partial charge in [-0.2, -0.15) is 0 Å². The number of Topliss-reactive ketones (excluding diaryl/α,β-unsaturated/α-hetero) is 1. The molecule has 4 rings (SSSR count). The minimum Gasteiger partial charge on any atom is -0.290 e.